The third kappa shape index (κ3) is 2.97. The summed E-state index contributed by atoms with van der Waals surface area (Å²) in [6, 6.07) is 10.4. The van der Waals surface area contributed by atoms with Crippen molar-refractivity contribution in [2.75, 3.05) is 5.01 Å². The summed E-state index contributed by atoms with van der Waals surface area (Å²) in [6.07, 6.45) is 0. The molecular formula is C12H8N4O5. The van der Waals surface area contributed by atoms with Gasteiger partial charge >= 0.3 is 0 Å². The van der Waals surface area contributed by atoms with Crippen molar-refractivity contribution in [3.8, 4) is 0 Å². The van der Waals surface area contributed by atoms with Crippen LogP contribution in [-0.4, -0.2) is 9.85 Å². The number of anilines is 2. The van der Waals surface area contributed by atoms with Crippen molar-refractivity contribution in [2.24, 2.45) is 5.29 Å². The number of nitro groups is 2. The molecule has 0 saturated heterocycles. The summed E-state index contributed by atoms with van der Waals surface area (Å²) < 4.78 is 0. The van der Waals surface area contributed by atoms with E-state index >= 15 is 0 Å². The highest BCUT2D eigenvalue weighted by atomic mass is 16.6. The summed E-state index contributed by atoms with van der Waals surface area (Å²) in [4.78, 5) is 31.0. The first-order valence-electron chi connectivity index (χ1n) is 5.65. The molecule has 0 radical (unpaired) electrons. The Kier molecular flexibility index (Phi) is 3.84. The van der Waals surface area contributed by atoms with Crippen LogP contribution in [-0.2, 0) is 0 Å². The molecule has 2 aromatic rings. The Balaban J connectivity index is 2.32. The van der Waals surface area contributed by atoms with Gasteiger partial charge in [-0.05, 0) is 24.3 Å². The molecule has 2 aromatic carbocycles. The molecule has 0 fully saturated rings. The molecule has 9 heteroatoms. The molecule has 0 bridgehead atoms. The zero-order valence-electron chi connectivity index (χ0n) is 10.4. The molecule has 21 heavy (non-hydrogen) atoms. The molecule has 0 aliphatic rings. The fourth-order valence-corrected chi connectivity index (χ4v) is 1.67. The van der Waals surface area contributed by atoms with E-state index in [-0.39, 0.29) is 11.4 Å². The van der Waals surface area contributed by atoms with Gasteiger partial charge in [0.15, 0.2) is 0 Å². The van der Waals surface area contributed by atoms with Gasteiger partial charge in [-0.1, -0.05) is 0 Å². The van der Waals surface area contributed by atoms with Crippen LogP contribution >= 0.6 is 0 Å². The molecule has 2 rings (SSSR count). The van der Waals surface area contributed by atoms with Crippen LogP contribution in [0.5, 0.6) is 0 Å². The maximum absolute atomic E-state index is 11.0. The van der Waals surface area contributed by atoms with Crippen LogP contribution in [0.4, 0.5) is 22.7 Å². The predicted molar refractivity (Wildman–Crippen MR) is 74.1 cm³/mol. The zero-order valence-corrected chi connectivity index (χ0v) is 10.4. The van der Waals surface area contributed by atoms with Crippen molar-refractivity contribution in [1.29, 1.82) is 0 Å². The van der Waals surface area contributed by atoms with Crippen molar-refractivity contribution in [1.82, 2.24) is 0 Å². The van der Waals surface area contributed by atoms with Gasteiger partial charge in [0.25, 0.3) is 11.4 Å². The number of nitroso groups, excluding NO2 is 1. The van der Waals surface area contributed by atoms with Gasteiger partial charge in [0.2, 0.25) is 0 Å². The maximum atomic E-state index is 11.0. The first-order valence-corrected chi connectivity index (χ1v) is 5.65. The monoisotopic (exact) mass is 288 g/mol. The van der Waals surface area contributed by atoms with Gasteiger partial charge in [0.1, 0.15) is 0 Å². The van der Waals surface area contributed by atoms with Crippen LogP contribution < -0.4 is 5.01 Å². The number of hydrogen-bond acceptors (Lipinski definition) is 6. The van der Waals surface area contributed by atoms with E-state index in [1.165, 1.54) is 48.5 Å². The van der Waals surface area contributed by atoms with E-state index in [2.05, 4.69) is 5.29 Å². The van der Waals surface area contributed by atoms with E-state index in [1.54, 1.807) is 0 Å². The van der Waals surface area contributed by atoms with E-state index < -0.39 is 9.85 Å². The largest absolute Gasteiger partial charge is 0.269 e. The average molecular weight is 288 g/mol. The lowest BCUT2D eigenvalue weighted by atomic mass is 10.2. The summed E-state index contributed by atoms with van der Waals surface area (Å²) in [5.74, 6) is 0. The lowest BCUT2D eigenvalue weighted by Crippen LogP contribution is -2.07. The molecule has 9 nitrogen and oxygen atoms in total. The topological polar surface area (TPSA) is 119 Å². The average Bonchev–Trinajstić information content (AvgIpc) is 2.49. The second kappa shape index (κ2) is 5.74. The molecule has 0 spiro atoms. The molecule has 0 amide bonds. The Hall–Kier alpha value is -3.36. The lowest BCUT2D eigenvalue weighted by molar-refractivity contribution is -0.385. The Morgan fingerprint density at radius 1 is 0.762 bits per heavy atom. The van der Waals surface area contributed by atoms with Crippen molar-refractivity contribution >= 4 is 22.7 Å². The Labute approximate surface area is 117 Å². The molecule has 0 unspecified atom stereocenters. The second-order valence-electron chi connectivity index (χ2n) is 3.94. The highest BCUT2D eigenvalue weighted by molar-refractivity contribution is 5.64. The maximum Gasteiger partial charge on any atom is 0.269 e. The number of hydrogen-bond donors (Lipinski definition) is 0. The summed E-state index contributed by atoms with van der Waals surface area (Å²) in [5.41, 5.74) is 0.385. The van der Waals surface area contributed by atoms with Crippen molar-refractivity contribution in [3.05, 3.63) is 73.7 Å². The molecule has 0 aromatic heterocycles. The normalized spacial score (nSPS) is 9.90. The quantitative estimate of drug-likeness (QED) is 0.473. The Morgan fingerprint density at radius 3 is 1.33 bits per heavy atom. The van der Waals surface area contributed by atoms with Crippen LogP contribution in [0.3, 0.4) is 0 Å². The standard InChI is InChI=1S/C12H8N4O5/c17-13-14(9-1-5-11(6-2-9)15(18)19)10-3-7-12(8-4-10)16(20)21/h1-8H. The van der Waals surface area contributed by atoms with Gasteiger partial charge in [-0.3, -0.25) is 20.2 Å². The van der Waals surface area contributed by atoms with Crippen molar-refractivity contribution in [2.45, 2.75) is 0 Å². The number of nitrogens with zero attached hydrogens (tertiary/aromatic N) is 4. The molecule has 0 atom stereocenters. The van der Waals surface area contributed by atoms with E-state index in [4.69, 9.17) is 0 Å². The van der Waals surface area contributed by atoms with Gasteiger partial charge in [0, 0.05) is 24.3 Å². The number of non-ortho nitro benzene ring substituents is 2. The number of nitro benzene ring substituents is 2. The fourth-order valence-electron chi connectivity index (χ4n) is 1.67. The van der Waals surface area contributed by atoms with Gasteiger partial charge in [-0.25, -0.2) is 0 Å². The third-order valence-electron chi connectivity index (χ3n) is 2.69. The van der Waals surface area contributed by atoms with E-state index in [0.29, 0.717) is 11.4 Å². The Bertz CT molecular complexity index is 626. The lowest BCUT2D eigenvalue weighted by Gasteiger charge is -2.14. The summed E-state index contributed by atoms with van der Waals surface area (Å²) in [7, 11) is 0. The minimum atomic E-state index is -0.561. The number of rotatable bonds is 5. The minimum Gasteiger partial charge on any atom is -0.258 e. The van der Waals surface area contributed by atoms with Crippen molar-refractivity contribution < 1.29 is 9.85 Å². The summed E-state index contributed by atoms with van der Waals surface area (Å²) in [5, 5.41) is 24.9. The summed E-state index contributed by atoms with van der Waals surface area (Å²) in [6.45, 7) is 0. The molecular weight excluding hydrogens is 280 g/mol. The molecule has 106 valence electrons. The minimum absolute atomic E-state index is 0.117. The Morgan fingerprint density at radius 2 is 1.10 bits per heavy atom. The SMILES string of the molecule is O=NN(c1ccc([N+](=O)[O-])cc1)c1ccc([N+](=O)[O-])cc1. The van der Waals surface area contributed by atoms with Crippen molar-refractivity contribution in [3.63, 3.8) is 0 Å². The first kappa shape index (κ1) is 14.1. The fraction of sp³-hybridized carbons (Fsp3) is 0. The smallest absolute Gasteiger partial charge is 0.258 e. The van der Waals surface area contributed by atoms with Gasteiger partial charge in [0.05, 0.1) is 26.5 Å². The van der Waals surface area contributed by atoms with Crippen LogP contribution in [0.1, 0.15) is 0 Å². The summed E-state index contributed by atoms with van der Waals surface area (Å²) >= 11 is 0. The zero-order chi connectivity index (χ0) is 15.4. The number of benzene rings is 2. The molecule has 0 aliphatic carbocycles. The molecule has 0 N–H and O–H groups in total. The van der Waals surface area contributed by atoms with Gasteiger partial charge < -0.3 is 0 Å². The highest BCUT2D eigenvalue weighted by Crippen LogP contribution is 2.28. The van der Waals surface area contributed by atoms with E-state index in [1.807, 2.05) is 0 Å². The molecule has 0 saturated carbocycles. The first-order chi connectivity index (χ1) is 10.0. The van der Waals surface area contributed by atoms with Crippen LogP contribution in [0.25, 0.3) is 0 Å². The van der Waals surface area contributed by atoms with Crippen LogP contribution in [0, 0.1) is 25.1 Å². The van der Waals surface area contributed by atoms with Crippen LogP contribution in [0.15, 0.2) is 53.8 Å². The van der Waals surface area contributed by atoms with Gasteiger partial charge in [-0.15, -0.1) is 4.91 Å². The second-order valence-corrected chi connectivity index (χ2v) is 3.94. The highest BCUT2D eigenvalue weighted by Gasteiger charge is 2.13. The van der Waals surface area contributed by atoms with Gasteiger partial charge in [-0.2, -0.15) is 5.01 Å². The van der Waals surface area contributed by atoms with E-state index in [9.17, 15) is 25.1 Å². The molecule has 0 aliphatic heterocycles. The predicted octanol–water partition coefficient (Wildman–Crippen LogP) is 3.32. The third-order valence-corrected chi connectivity index (χ3v) is 2.69. The van der Waals surface area contributed by atoms with Crippen LogP contribution in [0.2, 0.25) is 0 Å². The van der Waals surface area contributed by atoms with E-state index in [0.717, 1.165) is 5.01 Å². The molecule has 0 heterocycles.